The van der Waals surface area contributed by atoms with Crippen LogP contribution in [0.3, 0.4) is 0 Å². The summed E-state index contributed by atoms with van der Waals surface area (Å²) in [5.74, 6) is 0.857. The molecule has 0 fully saturated rings. The monoisotopic (exact) mass is 351 g/mol. The zero-order chi connectivity index (χ0) is 17.7. The summed E-state index contributed by atoms with van der Waals surface area (Å²) < 4.78 is 12.3. The van der Waals surface area contributed by atoms with Gasteiger partial charge in [0.2, 0.25) is 0 Å². The molecule has 0 aliphatic carbocycles. The Balaban J connectivity index is 2.18. The van der Waals surface area contributed by atoms with E-state index in [1.165, 1.54) is 7.11 Å². The predicted molar refractivity (Wildman–Crippen MR) is 92.8 cm³/mol. The smallest absolute Gasteiger partial charge is 0.311 e. The summed E-state index contributed by atoms with van der Waals surface area (Å²) >= 11 is 1.55. The van der Waals surface area contributed by atoms with Crippen molar-refractivity contribution in [3.8, 4) is 5.75 Å². The maximum atomic E-state index is 11.1. The van der Waals surface area contributed by atoms with E-state index in [-0.39, 0.29) is 11.4 Å². The van der Waals surface area contributed by atoms with Crippen LogP contribution in [0, 0.1) is 24.0 Å². The molecule has 0 spiro atoms. The lowest BCUT2D eigenvalue weighted by molar-refractivity contribution is -0.385. The van der Waals surface area contributed by atoms with E-state index in [1.807, 2.05) is 19.9 Å². The first-order chi connectivity index (χ1) is 11.5. The third-order valence-electron chi connectivity index (χ3n) is 3.75. The molecule has 1 aromatic carbocycles. The average molecular weight is 351 g/mol. The van der Waals surface area contributed by atoms with Gasteiger partial charge in [-0.3, -0.25) is 10.1 Å². The molecule has 24 heavy (non-hydrogen) atoms. The van der Waals surface area contributed by atoms with Crippen molar-refractivity contribution in [2.24, 2.45) is 0 Å². The van der Waals surface area contributed by atoms with Crippen LogP contribution in [-0.4, -0.2) is 35.3 Å². The van der Waals surface area contributed by atoms with Crippen molar-refractivity contribution < 1.29 is 14.4 Å². The van der Waals surface area contributed by atoms with Gasteiger partial charge in [-0.15, -0.1) is 0 Å². The van der Waals surface area contributed by atoms with Crippen LogP contribution in [0.5, 0.6) is 5.75 Å². The first-order valence-electron chi connectivity index (χ1n) is 7.44. The molecule has 0 unspecified atom stereocenters. The lowest BCUT2D eigenvalue weighted by atomic mass is 10.2. The largest absolute Gasteiger partial charge is 0.490 e. The van der Waals surface area contributed by atoms with Crippen LogP contribution in [0.1, 0.15) is 17.0 Å². The molecule has 0 N–H and O–H groups in total. The number of aryl methyl sites for hydroxylation is 1. The Morgan fingerprint density at radius 2 is 2.08 bits per heavy atom. The van der Waals surface area contributed by atoms with Crippen LogP contribution in [0.15, 0.2) is 23.4 Å². The molecule has 0 saturated heterocycles. The van der Waals surface area contributed by atoms with Gasteiger partial charge >= 0.3 is 5.69 Å². The number of nitro benzene ring substituents is 1. The Kier molecular flexibility index (Phi) is 6.22. The maximum Gasteiger partial charge on any atom is 0.311 e. The van der Waals surface area contributed by atoms with Gasteiger partial charge in [-0.25, -0.2) is 4.98 Å². The van der Waals surface area contributed by atoms with Crippen molar-refractivity contribution in [1.29, 1.82) is 0 Å². The van der Waals surface area contributed by atoms with Gasteiger partial charge in [0.15, 0.2) is 10.9 Å². The zero-order valence-electron chi connectivity index (χ0n) is 14.2. The van der Waals surface area contributed by atoms with Crippen LogP contribution < -0.4 is 4.74 Å². The minimum Gasteiger partial charge on any atom is -0.490 e. The molecule has 0 aliphatic rings. The third kappa shape index (κ3) is 4.07. The summed E-state index contributed by atoms with van der Waals surface area (Å²) in [4.78, 5) is 15.3. The van der Waals surface area contributed by atoms with Crippen LogP contribution in [0.2, 0.25) is 0 Å². The van der Waals surface area contributed by atoms with Crippen molar-refractivity contribution >= 4 is 17.4 Å². The van der Waals surface area contributed by atoms with E-state index in [1.54, 1.807) is 31.0 Å². The molecular weight excluding hydrogens is 330 g/mol. The Bertz CT molecular complexity index is 730. The lowest BCUT2D eigenvalue weighted by Gasteiger charge is -2.09. The highest BCUT2D eigenvalue weighted by atomic mass is 32.2. The number of ether oxygens (including phenoxy) is 2. The summed E-state index contributed by atoms with van der Waals surface area (Å²) in [6, 6.07) is 5.01. The summed E-state index contributed by atoms with van der Waals surface area (Å²) in [5.41, 5.74) is 2.92. The van der Waals surface area contributed by atoms with Gasteiger partial charge in [-0.2, -0.15) is 0 Å². The van der Waals surface area contributed by atoms with E-state index >= 15 is 0 Å². The zero-order valence-corrected chi connectivity index (χ0v) is 15.1. The Labute approximate surface area is 145 Å². The number of methoxy groups -OCH3 is 2. The van der Waals surface area contributed by atoms with E-state index in [2.05, 4.69) is 9.55 Å². The van der Waals surface area contributed by atoms with Crippen molar-refractivity contribution in [1.82, 2.24) is 9.55 Å². The first-order valence-corrected chi connectivity index (χ1v) is 8.43. The molecule has 0 atom stereocenters. The molecule has 1 heterocycles. The molecule has 0 bridgehead atoms. The number of nitrogens with zero attached hydrogens (tertiary/aromatic N) is 3. The lowest BCUT2D eigenvalue weighted by Crippen LogP contribution is -2.07. The van der Waals surface area contributed by atoms with Crippen molar-refractivity contribution in [2.75, 3.05) is 20.8 Å². The number of thioether (sulfide) groups is 1. The molecule has 130 valence electrons. The highest BCUT2D eigenvalue weighted by Crippen LogP contribution is 2.31. The van der Waals surface area contributed by atoms with Crippen molar-refractivity contribution in [3.63, 3.8) is 0 Å². The Hall–Kier alpha value is -2.06. The minimum atomic E-state index is -0.430. The quantitative estimate of drug-likeness (QED) is 0.412. The molecular formula is C16H21N3O4S. The summed E-state index contributed by atoms with van der Waals surface area (Å²) in [6.07, 6.45) is 0. The second-order valence-electron chi connectivity index (χ2n) is 5.26. The van der Waals surface area contributed by atoms with Gasteiger partial charge < -0.3 is 14.0 Å². The molecule has 0 amide bonds. The van der Waals surface area contributed by atoms with Gasteiger partial charge in [0.25, 0.3) is 0 Å². The number of hydrogen-bond donors (Lipinski definition) is 0. The fourth-order valence-corrected chi connectivity index (χ4v) is 3.36. The van der Waals surface area contributed by atoms with E-state index in [9.17, 15) is 10.1 Å². The molecule has 0 aliphatic heterocycles. The standard InChI is InChI=1S/C16H21N3O4S/c1-11-12(2)18(7-8-22-3)16(17-11)24-10-13-5-6-15(23-4)14(9-13)19(20)21/h5-6,9H,7-8,10H2,1-4H3. The number of rotatable bonds is 8. The number of aromatic nitrogens is 2. The topological polar surface area (TPSA) is 79.4 Å². The third-order valence-corrected chi connectivity index (χ3v) is 4.80. The fourth-order valence-electron chi connectivity index (χ4n) is 2.30. The normalized spacial score (nSPS) is 10.8. The molecule has 0 radical (unpaired) electrons. The molecule has 2 rings (SSSR count). The summed E-state index contributed by atoms with van der Waals surface area (Å²) in [6.45, 7) is 5.34. The predicted octanol–water partition coefficient (Wildman–Crippen LogP) is 3.36. The van der Waals surface area contributed by atoms with Gasteiger partial charge in [0.05, 0.1) is 24.3 Å². The van der Waals surface area contributed by atoms with Crippen LogP contribution >= 0.6 is 11.8 Å². The van der Waals surface area contributed by atoms with Gasteiger partial charge in [-0.1, -0.05) is 17.8 Å². The second kappa shape index (κ2) is 8.16. The van der Waals surface area contributed by atoms with E-state index in [0.29, 0.717) is 12.4 Å². The second-order valence-corrected chi connectivity index (χ2v) is 6.20. The highest BCUT2D eigenvalue weighted by molar-refractivity contribution is 7.98. The Morgan fingerprint density at radius 1 is 1.33 bits per heavy atom. The van der Waals surface area contributed by atoms with Gasteiger partial charge in [0, 0.05) is 31.2 Å². The van der Waals surface area contributed by atoms with Crippen LogP contribution in [-0.2, 0) is 17.0 Å². The molecule has 1 aromatic heterocycles. The average Bonchev–Trinajstić information content (AvgIpc) is 2.84. The maximum absolute atomic E-state index is 11.1. The molecule has 7 nitrogen and oxygen atoms in total. The van der Waals surface area contributed by atoms with Crippen LogP contribution in [0.25, 0.3) is 0 Å². The van der Waals surface area contributed by atoms with E-state index in [0.717, 1.165) is 28.7 Å². The Morgan fingerprint density at radius 3 is 2.71 bits per heavy atom. The van der Waals surface area contributed by atoms with Crippen LogP contribution in [0.4, 0.5) is 5.69 Å². The minimum absolute atomic E-state index is 0.0225. The number of hydrogen-bond acceptors (Lipinski definition) is 6. The molecule has 8 heteroatoms. The highest BCUT2D eigenvalue weighted by Gasteiger charge is 2.16. The van der Waals surface area contributed by atoms with E-state index < -0.39 is 4.92 Å². The number of benzene rings is 1. The number of nitro groups is 1. The summed E-state index contributed by atoms with van der Waals surface area (Å²) in [7, 11) is 3.09. The summed E-state index contributed by atoms with van der Waals surface area (Å²) in [5, 5.41) is 12.0. The number of imidazole rings is 1. The van der Waals surface area contributed by atoms with Gasteiger partial charge in [-0.05, 0) is 25.5 Å². The molecule has 0 saturated carbocycles. The van der Waals surface area contributed by atoms with E-state index in [4.69, 9.17) is 9.47 Å². The SMILES string of the molecule is COCCn1c(SCc2ccc(OC)c([N+](=O)[O-])c2)nc(C)c1C. The molecule has 2 aromatic rings. The first kappa shape index (κ1) is 18.3. The van der Waals surface area contributed by atoms with Crippen molar-refractivity contribution in [2.45, 2.75) is 31.3 Å². The van der Waals surface area contributed by atoms with Gasteiger partial charge in [0.1, 0.15) is 0 Å². The van der Waals surface area contributed by atoms with Crippen molar-refractivity contribution in [3.05, 3.63) is 45.3 Å². The fraction of sp³-hybridized carbons (Fsp3) is 0.438.